The van der Waals surface area contributed by atoms with Crippen LogP contribution in [-0.4, -0.2) is 142 Å². The van der Waals surface area contributed by atoms with Crippen LogP contribution in [0.1, 0.15) is 65.2 Å². The van der Waals surface area contributed by atoms with Crippen LogP contribution in [0.3, 0.4) is 0 Å². The van der Waals surface area contributed by atoms with Crippen LogP contribution in [-0.2, 0) is 33.0 Å². The van der Waals surface area contributed by atoms with E-state index >= 15 is 0 Å². The zero-order valence-corrected chi connectivity index (χ0v) is 29.0. The molecule has 11 nitrogen and oxygen atoms in total. The molecule has 2 aliphatic rings. The van der Waals surface area contributed by atoms with Gasteiger partial charge >= 0.3 is 0 Å². The molecule has 0 radical (unpaired) electrons. The molecule has 0 aliphatic carbocycles. The first-order valence-corrected chi connectivity index (χ1v) is 17.6. The van der Waals surface area contributed by atoms with Crippen molar-refractivity contribution in [2.45, 2.75) is 77.3 Å². The van der Waals surface area contributed by atoms with E-state index in [1.165, 1.54) is 86.5 Å². The number of methoxy groups -OCH3 is 2. The van der Waals surface area contributed by atoms with E-state index in [9.17, 15) is 4.20 Å². The van der Waals surface area contributed by atoms with Crippen molar-refractivity contribution in [3.05, 3.63) is 0 Å². The third-order valence-corrected chi connectivity index (χ3v) is 8.44. The predicted octanol–water partition coefficient (Wildman–Crippen LogP) is 2.93. The summed E-state index contributed by atoms with van der Waals surface area (Å²) in [7, 11) is 2.56. The zero-order chi connectivity index (χ0) is 32.5. The van der Waals surface area contributed by atoms with E-state index in [1.54, 1.807) is 14.2 Å². The normalized spacial score (nSPS) is 25.2. The molecule has 0 aromatic heterocycles. The van der Waals surface area contributed by atoms with Gasteiger partial charge in [0.15, 0.2) is 0 Å². The summed E-state index contributed by atoms with van der Waals surface area (Å²) >= 11 is 0. The Labute approximate surface area is 261 Å². The Morgan fingerprint density at radius 1 is 0.651 bits per heavy atom. The van der Waals surface area contributed by atoms with E-state index in [0.717, 1.165) is 25.3 Å². The van der Waals surface area contributed by atoms with Crippen molar-refractivity contribution in [2.75, 3.05) is 121 Å². The first-order chi connectivity index (χ1) is 20.5. The minimum atomic E-state index is -5.64. The number of quaternary nitrogens is 2. The van der Waals surface area contributed by atoms with E-state index in [2.05, 4.69) is 27.9 Å². The van der Waals surface area contributed by atoms with Gasteiger partial charge in [-0.05, 0) is 12.8 Å². The van der Waals surface area contributed by atoms with Crippen molar-refractivity contribution in [3.8, 4) is 0 Å². The van der Waals surface area contributed by atoms with Crippen LogP contribution in [0.25, 0.3) is 0 Å². The predicted molar refractivity (Wildman–Crippen MR) is 163 cm³/mol. The molecule has 0 aromatic rings. The molecule has 13 heteroatoms. The number of nitrogens with zero attached hydrogens (tertiary/aromatic N) is 2. The molecule has 4 atom stereocenters. The van der Waals surface area contributed by atoms with E-state index in [1.807, 2.05) is 0 Å². The summed E-state index contributed by atoms with van der Waals surface area (Å²) in [5.41, 5.74) is 0. The van der Waals surface area contributed by atoms with E-state index in [0.29, 0.717) is 52.9 Å². The lowest BCUT2D eigenvalue weighted by molar-refractivity contribution is -0.921. The molecule has 0 N–H and O–H groups in total. The molecule has 0 spiro atoms. The Balaban J connectivity index is 0.000000709. The third kappa shape index (κ3) is 22.8. The topological polar surface area (TPSA) is 119 Å². The highest BCUT2D eigenvalue weighted by atomic mass is 31.2. The Hall–Kier alpha value is -0.240. The van der Waals surface area contributed by atoms with Crippen molar-refractivity contribution < 1.29 is 55.9 Å². The summed E-state index contributed by atoms with van der Waals surface area (Å²) in [5.74, 6) is 0. The maximum Gasteiger partial charge on any atom is 0.110 e. The third-order valence-electron chi connectivity index (χ3n) is 8.44. The fourth-order valence-electron chi connectivity index (χ4n) is 6.25. The van der Waals surface area contributed by atoms with Crippen molar-refractivity contribution in [3.63, 3.8) is 0 Å². The lowest BCUT2D eigenvalue weighted by atomic mass is 10.1. The quantitative estimate of drug-likeness (QED) is 0.0994. The molecule has 2 rings (SSSR count). The van der Waals surface area contributed by atoms with Crippen molar-refractivity contribution >= 4 is 7.91 Å². The first-order valence-electron chi connectivity index (χ1n) is 16.1. The number of rotatable bonds is 22. The monoisotopic (exact) mass is 646 g/mol. The van der Waals surface area contributed by atoms with Gasteiger partial charge in [-0.1, -0.05) is 13.8 Å². The largest absolute Gasteiger partial charge is 0.786 e. The number of hydrogen-bond acceptors (Lipinski definition) is 9. The molecule has 2 heterocycles. The average molecular weight is 647 g/mol. The number of likely N-dealkylation sites (tertiary alicyclic amines) is 2. The van der Waals surface area contributed by atoms with Gasteiger partial charge in [-0.3, -0.25) is 0 Å². The van der Waals surface area contributed by atoms with Gasteiger partial charge < -0.3 is 51.7 Å². The summed E-state index contributed by atoms with van der Waals surface area (Å²) in [4.78, 5) is 16.9. The van der Waals surface area contributed by atoms with Crippen LogP contribution in [0.4, 0.5) is 4.20 Å². The van der Waals surface area contributed by atoms with Crippen LogP contribution >= 0.6 is 7.91 Å². The summed E-state index contributed by atoms with van der Waals surface area (Å²) in [6.07, 6.45) is 10.4. The van der Waals surface area contributed by atoms with Crippen LogP contribution in [0.15, 0.2) is 0 Å². The average Bonchev–Trinajstić information content (AvgIpc) is 3.48. The molecule has 2 fully saturated rings. The fourth-order valence-corrected chi connectivity index (χ4v) is 6.25. The molecule has 2 aliphatic heterocycles. The van der Waals surface area contributed by atoms with E-state index < -0.39 is 7.91 Å². The number of ether oxygens (including phenoxy) is 6. The fraction of sp³-hybridized carbons (Fsp3) is 1.00. The number of hydrogen-bond donors (Lipinski definition) is 0. The highest BCUT2D eigenvalue weighted by Gasteiger charge is 2.37. The molecule has 4 unspecified atom stereocenters. The standard InChI is InChI=1S/2C15H32NO3.FH2O3P/c2*1-4-8-16(2)9-5-6-15(16)7-10-18-13-14-19-12-11-17-3;1-5(2,3)4/h2*15H,4-14H2,1-3H3;(H2,2,3,4)/q2*+1;/p-2. The SMILES string of the molecule is CCC[N+]1(C)CCCC1CCOCCOCCOC.CCC[N+]1(C)CCCC1CCOCCOCCOC.O=P([O-])([O-])F. The Morgan fingerprint density at radius 2 is 0.953 bits per heavy atom. The Kier molecular flexibility index (Phi) is 25.8. The van der Waals surface area contributed by atoms with Crippen LogP contribution in [0, 0.1) is 0 Å². The molecule has 2 saturated heterocycles. The first kappa shape index (κ1) is 42.8. The van der Waals surface area contributed by atoms with E-state index in [-0.39, 0.29) is 0 Å². The summed E-state index contributed by atoms with van der Waals surface area (Å²) in [6.45, 7) is 17.0. The second-order valence-corrected chi connectivity index (χ2v) is 12.7. The lowest BCUT2D eigenvalue weighted by Gasteiger charge is -2.36. The van der Waals surface area contributed by atoms with Gasteiger partial charge in [0.05, 0.1) is 118 Å². The van der Waals surface area contributed by atoms with Crippen molar-refractivity contribution in [2.24, 2.45) is 0 Å². The second kappa shape index (κ2) is 25.9. The van der Waals surface area contributed by atoms with Crippen LogP contribution < -0.4 is 9.79 Å². The summed E-state index contributed by atoms with van der Waals surface area (Å²) in [6, 6.07) is 1.60. The molecule has 0 bridgehead atoms. The Morgan fingerprint density at radius 3 is 1.26 bits per heavy atom. The molecule has 260 valence electrons. The highest BCUT2D eigenvalue weighted by Crippen LogP contribution is 2.28. The molecule has 0 aromatic carbocycles. The van der Waals surface area contributed by atoms with Gasteiger partial charge in [0.25, 0.3) is 0 Å². The minimum Gasteiger partial charge on any atom is -0.786 e. The van der Waals surface area contributed by atoms with Gasteiger partial charge in [-0.15, -0.1) is 0 Å². The second-order valence-electron chi connectivity index (χ2n) is 11.9. The smallest absolute Gasteiger partial charge is 0.110 e. The van der Waals surface area contributed by atoms with Gasteiger partial charge in [0.1, 0.15) is 7.91 Å². The molecular formula is C30H64FN2O9P. The van der Waals surface area contributed by atoms with Gasteiger partial charge in [-0.25, -0.2) is 4.20 Å². The minimum absolute atomic E-state index is 0.661. The van der Waals surface area contributed by atoms with Crippen molar-refractivity contribution in [1.29, 1.82) is 0 Å². The van der Waals surface area contributed by atoms with Crippen LogP contribution in [0.2, 0.25) is 0 Å². The van der Waals surface area contributed by atoms with Gasteiger partial charge in [0, 0.05) is 52.7 Å². The molecular weight excluding hydrogens is 582 g/mol. The molecule has 43 heavy (non-hydrogen) atoms. The molecule has 0 amide bonds. The van der Waals surface area contributed by atoms with Gasteiger partial charge in [0.2, 0.25) is 0 Å². The van der Waals surface area contributed by atoms with Crippen molar-refractivity contribution in [1.82, 2.24) is 0 Å². The highest BCUT2D eigenvalue weighted by molar-refractivity contribution is 7.42. The zero-order valence-electron chi connectivity index (χ0n) is 28.1. The summed E-state index contributed by atoms with van der Waals surface area (Å²) < 4.78 is 53.0. The lowest BCUT2D eigenvalue weighted by Crippen LogP contribution is -2.48. The summed E-state index contributed by atoms with van der Waals surface area (Å²) in [5, 5.41) is 0. The maximum absolute atomic E-state index is 10.1. The molecule has 0 saturated carbocycles. The number of halogens is 1. The van der Waals surface area contributed by atoms with Crippen LogP contribution in [0.5, 0.6) is 0 Å². The maximum atomic E-state index is 10.1. The van der Waals surface area contributed by atoms with Gasteiger partial charge in [-0.2, -0.15) is 0 Å². The Bertz CT molecular complexity index is 640. The van der Waals surface area contributed by atoms with E-state index in [4.69, 9.17) is 42.8 Å².